The van der Waals surface area contributed by atoms with E-state index in [0.717, 1.165) is 39.7 Å². The van der Waals surface area contributed by atoms with Crippen molar-refractivity contribution >= 4 is 17.1 Å². The van der Waals surface area contributed by atoms with Gasteiger partial charge >= 0.3 is 0 Å². The summed E-state index contributed by atoms with van der Waals surface area (Å²) >= 11 is 0. The fourth-order valence-electron chi connectivity index (χ4n) is 7.72. The molecule has 0 saturated carbocycles. The summed E-state index contributed by atoms with van der Waals surface area (Å²) in [6.45, 7) is 0. The molecular formula is C49H35NO. The van der Waals surface area contributed by atoms with Crippen LogP contribution in [0.3, 0.4) is 0 Å². The molecule has 9 rings (SSSR count). The average molecular weight is 654 g/mol. The number of nitrogens with zero attached hydrogens (tertiary/aromatic N) is 1. The molecule has 1 heterocycles. The van der Waals surface area contributed by atoms with Crippen molar-refractivity contribution in [3.63, 3.8) is 0 Å². The van der Waals surface area contributed by atoms with Crippen molar-refractivity contribution in [2.75, 3.05) is 4.90 Å². The SMILES string of the molecule is c1ccc(-c2ccc(N(c3ccc(-c4ccccc4)cc3)c3ccccc3C3(c4ccccc4)c4ccccc4Oc4ccccc43)cc2)cc1. The number of ether oxygens (including phenoxy) is 1. The molecule has 0 radical (unpaired) electrons. The lowest BCUT2D eigenvalue weighted by Gasteiger charge is -2.43. The highest BCUT2D eigenvalue weighted by Gasteiger charge is 2.47. The van der Waals surface area contributed by atoms with Crippen LogP contribution in [0.4, 0.5) is 17.1 Å². The van der Waals surface area contributed by atoms with Crippen molar-refractivity contribution in [1.82, 2.24) is 0 Å². The summed E-state index contributed by atoms with van der Waals surface area (Å²) in [7, 11) is 0. The molecular weight excluding hydrogens is 619 g/mol. The fraction of sp³-hybridized carbons (Fsp3) is 0.0204. The molecule has 0 saturated heterocycles. The predicted octanol–water partition coefficient (Wildman–Crippen LogP) is 13.0. The quantitative estimate of drug-likeness (QED) is 0.170. The molecule has 0 spiro atoms. The minimum absolute atomic E-state index is 0.671. The molecule has 242 valence electrons. The maximum atomic E-state index is 6.64. The number of hydrogen-bond acceptors (Lipinski definition) is 2. The van der Waals surface area contributed by atoms with E-state index < -0.39 is 5.41 Å². The van der Waals surface area contributed by atoms with Crippen LogP contribution in [0, 0.1) is 0 Å². The van der Waals surface area contributed by atoms with Gasteiger partial charge in [0, 0.05) is 22.5 Å². The van der Waals surface area contributed by atoms with Crippen LogP contribution < -0.4 is 9.64 Å². The lowest BCUT2D eigenvalue weighted by atomic mass is 9.63. The fourth-order valence-corrected chi connectivity index (χ4v) is 7.72. The summed E-state index contributed by atoms with van der Waals surface area (Å²) in [6.07, 6.45) is 0. The van der Waals surface area contributed by atoms with Crippen molar-refractivity contribution < 1.29 is 4.74 Å². The first-order valence-electron chi connectivity index (χ1n) is 17.4. The molecule has 1 aliphatic heterocycles. The van der Waals surface area contributed by atoms with Crippen molar-refractivity contribution in [3.05, 3.63) is 235 Å². The molecule has 51 heavy (non-hydrogen) atoms. The van der Waals surface area contributed by atoms with E-state index in [1.807, 2.05) is 0 Å². The summed E-state index contributed by atoms with van der Waals surface area (Å²) < 4.78 is 6.64. The van der Waals surface area contributed by atoms with E-state index in [1.54, 1.807) is 0 Å². The zero-order valence-corrected chi connectivity index (χ0v) is 28.1. The van der Waals surface area contributed by atoms with Gasteiger partial charge in [-0.2, -0.15) is 0 Å². The van der Waals surface area contributed by atoms with Gasteiger partial charge in [-0.25, -0.2) is 0 Å². The van der Waals surface area contributed by atoms with Gasteiger partial charge in [0.25, 0.3) is 0 Å². The van der Waals surface area contributed by atoms with Gasteiger partial charge in [0.1, 0.15) is 11.5 Å². The van der Waals surface area contributed by atoms with Crippen LogP contribution in [0.2, 0.25) is 0 Å². The standard InChI is InChI=1S/C49H35NO/c1-4-16-36(17-5-1)38-28-32-41(33-29-38)50(42-34-30-39(31-35-42)37-18-6-2-7-19-37)46-25-13-10-22-43(46)49(40-20-8-3-9-21-40)44-23-11-14-26-47(44)51-48-27-15-12-24-45(48)49/h1-35H. The Labute approximate surface area is 299 Å². The highest BCUT2D eigenvalue weighted by Crippen LogP contribution is 2.57. The Kier molecular flexibility index (Phi) is 7.75. The van der Waals surface area contributed by atoms with Gasteiger partial charge in [0.15, 0.2) is 0 Å². The minimum Gasteiger partial charge on any atom is -0.457 e. The number of hydrogen-bond donors (Lipinski definition) is 0. The zero-order valence-electron chi connectivity index (χ0n) is 28.1. The van der Waals surface area contributed by atoms with Crippen molar-refractivity contribution in [2.45, 2.75) is 5.41 Å². The second-order valence-corrected chi connectivity index (χ2v) is 12.9. The van der Waals surface area contributed by atoms with Gasteiger partial charge in [-0.05, 0) is 75.8 Å². The molecule has 2 heteroatoms. The monoisotopic (exact) mass is 653 g/mol. The Hall–Kier alpha value is -6.64. The molecule has 0 aliphatic carbocycles. The Balaban J connectivity index is 1.31. The number of fused-ring (bicyclic) bond motifs is 2. The van der Waals surface area contributed by atoms with E-state index in [1.165, 1.54) is 33.4 Å². The van der Waals surface area contributed by atoms with Crippen LogP contribution in [0.1, 0.15) is 22.3 Å². The molecule has 0 amide bonds. The normalized spacial score (nSPS) is 12.6. The van der Waals surface area contributed by atoms with Gasteiger partial charge in [-0.3, -0.25) is 0 Å². The summed E-state index contributed by atoms with van der Waals surface area (Å²) in [5.41, 5.74) is 11.9. The molecule has 0 aromatic heterocycles. The molecule has 8 aromatic carbocycles. The van der Waals surface area contributed by atoms with E-state index in [9.17, 15) is 0 Å². The highest BCUT2D eigenvalue weighted by atomic mass is 16.5. The van der Waals surface area contributed by atoms with Crippen LogP contribution in [0.25, 0.3) is 22.3 Å². The van der Waals surface area contributed by atoms with Crippen LogP contribution >= 0.6 is 0 Å². The van der Waals surface area contributed by atoms with Gasteiger partial charge < -0.3 is 9.64 Å². The summed E-state index contributed by atoms with van der Waals surface area (Å²) in [5, 5.41) is 0. The molecule has 0 fully saturated rings. The van der Waals surface area contributed by atoms with Crippen LogP contribution in [-0.4, -0.2) is 0 Å². The van der Waals surface area contributed by atoms with E-state index in [2.05, 4.69) is 217 Å². The molecule has 8 aromatic rings. The second kappa shape index (κ2) is 13.0. The van der Waals surface area contributed by atoms with Gasteiger partial charge in [0.05, 0.1) is 11.1 Å². The number of anilines is 3. The van der Waals surface area contributed by atoms with Gasteiger partial charge in [-0.1, -0.05) is 170 Å². The molecule has 0 bridgehead atoms. The van der Waals surface area contributed by atoms with Gasteiger partial charge in [0.2, 0.25) is 0 Å². The van der Waals surface area contributed by atoms with E-state index in [4.69, 9.17) is 4.74 Å². The topological polar surface area (TPSA) is 12.5 Å². The molecule has 0 N–H and O–H groups in total. The number of para-hydroxylation sites is 3. The molecule has 0 unspecified atom stereocenters. The Morgan fingerprint density at radius 2 is 0.686 bits per heavy atom. The first kappa shape index (κ1) is 30.4. The largest absolute Gasteiger partial charge is 0.457 e. The highest BCUT2D eigenvalue weighted by molar-refractivity contribution is 5.85. The molecule has 0 atom stereocenters. The summed E-state index contributed by atoms with van der Waals surface area (Å²) in [4.78, 5) is 2.41. The maximum absolute atomic E-state index is 6.64. The van der Waals surface area contributed by atoms with Gasteiger partial charge in [-0.15, -0.1) is 0 Å². The maximum Gasteiger partial charge on any atom is 0.132 e. The smallest absolute Gasteiger partial charge is 0.132 e. The number of benzene rings is 8. The van der Waals surface area contributed by atoms with Crippen LogP contribution in [-0.2, 0) is 5.41 Å². The Bertz CT molecular complexity index is 2290. The number of rotatable bonds is 7. The van der Waals surface area contributed by atoms with Crippen LogP contribution in [0.15, 0.2) is 212 Å². The van der Waals surface area contributed by atoms with Crippen molar-refractivity contribution in [3.8, 4) is 33.8 Å². The Morgan fingerprint density at radius 1 is 0.314 bits per heavy atom. The first-order chi connectivity index (χ1) is 25.3. The predicted molar refractivity (Wildman–Crippen MR) is 210 cm³/mol. The lowest BCUT2D eigenvalue weighted by molar-refractivity contribution is 0.434. The average Bonchev–Trinajstić information content (AvgIpc) is 3.22. The Morgan fingerprint density at radius 3 is 1.18 bits per heavy atom. The first-order valence-corrected chi connectivity index (χ1v) is 17.4. The third kappa shape index (κ3) is 5.29. The third-order valence-electron chi connectivity index (χ3n) is 10.0. The second-order valence-electron chi connectivity index (χ2n) is 12.9. The van der Waals surface area contributed by atoms with E-state index in [0.29, 0.717) is 0 Å². The summed E-state index contributed by atoms with van der Waals surface area (Å²) in [6, 6.07) is 75.8. The van der Waals surface area contributed by atoms with E-state index >= 15 is 0 Å². The van der Waals surface area contributed by atoms with Crippen molar-refractivity contribution in [1.29, 1.82) is 0 Å². The van der Waals surface area contributed by atoms with Crippen molar-refractivity contribution in [2.24, 2.45) is 0 Å². The summed E-state index contributed by atoms with van der Waals surface area (Å²) in [5.74, 6) is 1.72. The molecule has 1 aliphatic rings. The third-order valence-corrected chi connectivity index (χ3v) is 10.0. The zero-order chi connectivity index (χ0) is 34.0. The lowest BCUT2D eigenvalue weighted by Crippen LogP contribution is -2.35. The molecule has 2 nitrogen and oxygen atoms in total. The van der Waals surface area contributed by atoms with Crippen LogP contribution in [0.5, 0.6) is 11.5 Å². The van der Waals surface area contributed by atoms with E-state index in [-0.39, 0.29) is 0 Å². The minimum atomic E-state index is -0.671.